The lowest BCUT2D eigenvalue weighted by molar-refractivity contribution is -0.384. The van der Waals surface area contributed by atoms with Gasteiger partial charge in [0.25, 0.3) is 0 Å². The van der Waals surface area contributed by atoms with E-state index < -0.39 is 16.4 Å². The van der Waals surface area contributed by atoms with E-state index in [9.17, 15) is 19.3 Å². The Kier molecular flexibility index (Phi) is 2.76. The highest BCUT2D eigenvalue weighted by Crippen LogP contribution is 2.29. The number of hydrogen-bond donors (Lipinski definition) is 1. The first-order chi connectivity index (χ1) is 6.61. The maximum absolute atomic E-state index is 13.0. The number of hydrogen-bond acceptors (Lipinski definition) is 4. The average molecular weight is 198 g/mol. The molecule has 0 aromatic heterocycles. The molecule has 0 saturated carbocycles. The highest BCUT2D eigenvalue weighted by molar-refractivity contribution is 5.86. The Morgan fingerprint density at radius 1 is 1.57 bits per heavy atom. The summed E-state index contributed by atoms with van der Waals surface area (Å²) in [5.74, 6) is -0.759. The molecule has 0 atom stereocenters. The second kappa shape index (κ2) is 3.82. The van der Waals surface area contributed by atoms with Crippen molar-refractivity contribution in [2.45, 2.75) is 0 Å². The Morgan fingerprint density at radius 2 is 2.21 bits per heavy atom. The molecule has 0 bridgehead atoms. The molecule has 0 saturated heterocycles. The van der Waals surface area contributed by atoms with E-state index >= 15 is 0 Å². The molecule has 0 unspecified atom stereocenters. The quantitative estimate of drug-likeness (QED) is 0.454. The van der Waals surface area contributed by atoms with Gasteiger partial charge in [-0.05, 0) is 12.1 Å². The molecule has 0 fully saturated rings. The number of benzene rings is 1. The lowest BCUT2D eigenvalue weighted by Crippen LogP contribution is -2.02. The summed E-state index contributed by atoms with van der Waals surface area (Å²) in [4.78, 5) is 20.2. The second-order valence-corrected chi connectivity index (χ2v) is 2.49. The highest BCUT2D eigenvalue weighted by Gasteiger charge is 2.22. The van der Waals surface area contributed by atoms with Gasteiger partial charge < -0.3 is 5.32 Å². The Morgan fingerprint density at radius 3 is 2.64 bits per heavy atom. The van der Waals surface area contributed by atoms with Crippen LogP contribution in [0.2, 0.25) is 0 Å². The second-order valence-electron chi connectivity index (χ2n) is 2.49. The fourth-order valence-corrected chi connectivity index (χ4v) is 1.11. The van der Waals surface area contributed by atoms with Gasteiger partial charge in [0.15, 0.2) is 12.1 Å². The Labute approximate surface area is 78.7 Å². The summed E-state index contributed by atoms with van der Waals surface area (Å²) in [6.45, 7) is 0. The minimum Gasteiger partial charge on any atom is -0.380 e. The first-order valence-electron chi connectivity index (χ1n) is 3.71. The normalized spacial score (nSPS) is 9.57. The smallest absolute Gasteiger partial charge is 0.305 e. The molecule has 0 aliphatic carbocycles. The summed E-state index contributed by atoms with van der Waals surface area (Å²) in [6, 6.07) is 2.07. The molecule has 0 heterocycles. The average Bonchev–Trinajstić information content (AvgIpc) is 2.17. The van der Waals surface area contributed by atoms with E-state index in [1.54, 1.807) is 0 Å². The highest BCUT2D eigenvalue weighted by atomic mass is 19.1. The number of aldehydes is 1. The molecule has 6 heteroatoms. The Balaban J connectivity index is 3.51. The van der Waals surface area contributed by atoms with Crippen molar-refractivity contribution in [1.82, 2.24) is 0 Å². The van der Waals surface area contributed by atoms with Crippen LogP contribution in [0.3, 0.4) is 0 Å². The zero-order valence-corrected chi connectivity index (χ0v) is 7.28. The number of carbonyl (C=O) groups excluding carboxylic acids is 1. The topological polar surface area (TPSA) is 72.2 Å². The molecule has 1 rings (SSSR count). The molecule has 5 nitrogen and oxygen atoms in total. The SMILES string of the molecule is CNc1c(F)ccc(C=O)c1[N+](=O)[O-]. The molecular weight excluding hydrogens is 191 g/mol. The van der Waals surface area contributed by atoms with Crippen molar-refractivity contribution in [1.29, 1.82) is 0 Å². The number of nitro benzene ring substituents is 1. The van der Waals surface area contributed by atoms with E-state index in [1.165, 1.54) is 7.05 Å². The predicted molar refractivity (Wildman–Crippen MR) is 48.0 cm³/mol. The molecule has 14 heavy (non-hydrogen) atoms. The van der Waals surface area contributed by atoms with E-state index in [4.69, 9.17) is 0 Å². The molecule has 0 aliphatic rings. The van der Waals surface area contributed by atoms with Gasteiger partial charge >= 0.3 is 5.69 Å². The van der Waals surface area contributed by atoms with Crippen molar-refractivity contribution in [3.05, 3.63) is 33.6 Å². The van der Waals surface area contributed by atoms with Crippen molar-refractivity contribution in [2.24, 2.45) is 0 Å². The van der Waals surface area contributed by atoms with Crippen LogP contribution in [0.4, 0.5) is 15.8 Å². The van der Waals surface area contributed by atoms with Gasteiger partial charge in [-0.25, -0.2) is 4.39 Å². The van der Waals surface area contributed by atoms with E-state index in [0.717, 1.165) is 12.1 Å². The molecule has 1 aromatic carbocycles. The van der Waals surface area contributed by atoms with Crippen LogP contribution in [-0.4, -0.2) is 18.3 Å². The minimum absolute atomic E-state index is 0.152. The summed E-state index contributed by atoms with van der Waals surface area (Å²) < 4.78 is 13.0. The lowest BCUT2D eigenvalue weighted by Gasteiger charge is -2.04. The van der Waals surface area contributed by atoms with Crippen LogP contribution >= 0.6 is 0 Å². The van der Waals surface area contributed by atoms with Crippen molar-refractivity contribution >= 4 is 17.7 Å². The third-order valence-electron chi connectivity index (χ3n) is 1.72. The molecule has 0 aliphatic heterocycles. The van der Waals surface area contributed by atoms with E-state index in [1.807, 2.05) is 0 Å². The molecule has 1 aromatic rings. The van der Waals surface area contributed by atoms with Crippen LogP contribution in [0.5, 0.6) is 0 Å². The Hall–Kier alpha value is -1.98. The fraction of sp³-hybridized carbons (Fsp3) is 0.125. The van der Waals surface area contributed by atoms with Gasteiger partial charge in [0.1, 0.15) is 5.69 Å². The number of rotatable bonds is 3. The van der Waals surface area contributed by atoms with Gasteiger partial charge in [-0.1, -0.05) is 0 Å². The number of nitrogens with zero attached hydrogens (tertiary/aromatic N) is 1. The van der Waals surface area contributed by atoms with Gasteiger partial charge in [-0.2, -0.15) is 0 Å². The summed E-state index contributed by atoms with van der Waals surface area (Å²) in [6.07, 6.45) is 0.318. The monoisotopic (exact) mass is 198 g/mol. The van der Waals surface area contributed by atoms with Crippen LogP contribution in [0.25, 0.3) is 0 Å². The number of nitro groups is 1. The largest absolute Gasteiger partial charge is 0.380 e. The first kappa shape index (κ1) is 10.1. The Bertz CT molecular complexity index is 392. The van der Waals surface area contributed by atoms with Crippen LogP contribution in [0.15, 0.2) is 12.1 Å². The summed E-state index contributed by atoms with van der Waals surface area (Å²) in [5, 5.41) is 12.9. The van der Waals surface area contributed by atoms with Crippen molar-refractivity contribution < 1.29 is 14.1 Å². The standard InChI is InChI=1S/C8H7FN2O3/c1-10-7-6(9)3-2-5(4-12)8(7)11(13)14/h2-4,10H,1H3. The molecule has 74 valence electrons. The van der Waals surface area contributed by atoms with Crippen LogP contribution in [0, 0.1) is 15.9 Å². The lowest BCUT2D eigenvalue weighted by atomic mass is 10.1. The van der Waals surface area contributed by atoms with Gasteiger partial charge in [-0.15, -0.1) is 0 Å². The van der Waals surface area contributed by atoms with Crippen LogP contribution in [-0.2, 0) is 0 Å². The molecular formula is C8H7FN2O3. The van der Waals surface area contributed by atoms with Crippen LogP contribution < -0.4 is 5.32 Å². The van der Waals surface area contributed by atoms with Gasteiger partial charge in [-0.3, -0.25) is 14.9 Å². The van der Waals surface area contributed by atoms with Gasteiger partial charge in [0.05, 0.1) is 10.5 Å². The van der Waals surface area contributed by atoms with E-state index in [0.29, 0.717) is 6.29 Å². The first-order valence-corrected chi connectivity index (χ1v) is 3.71. The van der Waals surface area contributed by atoms with Gasteiger partial charge in [0, 0.05) is 7.05 Å². The summed E-state index contributed by atoms with van der Waals surface area (Å²) in [5.41, 5.74) is -0.970. The van der Waals surface area contributed by atoms with Crippen molar-refractivity contribution in [2.75, 3.05) is 12.4 Å². The van der Waals surface area contributed by atoms with Gasteiger partial charge in [0.2, 0.25) is 0 Å². The minimum atomic E-state index is -0.793. The van der Waals surface area contributed by atoms with Crippen LogP contribution in [0.1, 0.15) is 10.4 Å². The number of halogens is 1. The molecule has 0 amide bonds. The van der Waals surface area contributed by atoms with Crippen molar-refractivity contribution in [3.8, 4) is 0 Å². The van der Waals surface area contributed by atoms with E-state index in [2.05, 4.69) is 5.32 Å². The summed E-state index contributed by atoms with van der Waals surface area (Å²) in [7, 11) is 1.35. The predicted octanol–water partition coefficient (Wildman–Crippen LogP) is 1.59. The van der Waals surface area contributed by atoms with Crippen molar-refractivity contribution in [3.63, 3.8) is 0 Å². The zero-order chi connectivity index (χ0) is 10.7. The maximum Gasteiger partial charge on any atom is 0.305 e. The number of nitrogens with one attached hydrogen (secondary N) is 1. The zero-order valence-electron chi connectivity index (χ0n) is 7.28. The third-order valence-corrected chi connectivity index (χ3v) is 1.72. The maximum atomic E-state index is 13.0. The fourth-order valence-electron chi connectivity index (χ4n) is 1.11. The molecule has 0 spiro atoms. The molecule has 0 radical (unpaired) electrons. The summed E-state index contributed by atoms with van der Waals surface area (Å²) >= 11 is 0. The molecule has 1 N–H and O–H groups in total. The number of anilines is 1. The number of carbonyl (C=O) groups is 1. The van der Waals surface area contributed by atoms with E-state index in [-0.39, 0.29) is 11.3 Å². The third kappa shape index (κ3) is 1.54.